The average Bonchev–Trinajstić information content (AvgIpc) is 2.27. The molecule has 1 amide bonds. The lowest BCUT2D eigenvalue weighted by Crippen LogP contribution is -2.27. The lowest BCUT2D eigenvalue weighted by Gasteiger charge is -2.16. The Balaban J connectivity index is 0.000000362. The molecular formula is C14H22N2O3. The van der Waals surface area contributed by atoms with E-state index in [2.05, 4.69) is 9.72 Å². The molecule has 19 heavy (non-hydrogen) atoms. The lowest BCUT2D eigenvalue weighted by atomic mass is 10.2. The predicted octanol–water partition coefficient (Wildman–Crippen LogP) is 2.48. The summed E-state index contributed by atoms with van der Waals surface area (Å²) in [4.78, 5) is 25.0. The second-order valence-electron chi connectivity index (χ2n) is 4.92. The molecule has 1 heterocycles. The van der Waals surface area contributed by atoms with E-state index in [4.69, 9.17) is 5.73 Å². The van der Waals surface area contributed by atoms with Crippen LogP contribution >= 0.6 is 0 Å². The quantitative estimate of drug-likeness (QED) is 0.911. The van der Waals surface area contributed by atoms with Crippen molar-refractivity contribution < 1.29 is 14.3 Å². The number of ketones is 1. The first kappa shape index (κ1) is 17.1. The molecule has 1 aromatic heterocycles. The Kier molecular flexibility index (Phi) is 7.41. The monoisotopic (exact) mass is 266 g/mol. The summed E-state index contributed by atoms with van der Waals surface area (Å²) in [5, 5.41) is 0. The highest BCUT2D eigenvalue weighted by Crippen LogP contribution is 2.04. The zero-order valence-electron chi connectivity index (χ0n) is 12.0. The Morgan fingerprint density at radius 2 is 1.95 bits per heavy atom. The van der Waals surface area contributed by atoms with Crippen LogP contribution in [0.1, 0.15) is 39.8 Å². The number of nitrogens with two attached hydrogens (primary N) is 1. The van der Waals surface area contributed by atoms with Crippen molar-refractivity contribution in [3.05, 3.63) is 30.1 Å². The molecule has 5 heteroatoms. The Morgan fingerprint density at radius 1 is 1.32 bits per heavy atom. The van der Waals surface area contributed by atoms with Crippen molar-refractivity contribution in [2.75, 3.05) is 0 Å². The van der Waals surface area contributed by atoms with Crippen molar-refractivity contribution >= 4 is 11.9 Å². The molecule has 0 spiro atoms. The molecule has 0 aromatic carbocycles. The van der Waals surface area contributed by atoms with Gasteiger partial charge in [0.15, 0.2) is 0 Å². The van der Waals surface area contributed by atoms with E-state index in [9.17, 15) is 9.59 Å². The van der Waals surface area contributed by atoms with E-state index in [0.29, 0.717) is 12.8 Å². The molecule has 0 fully saturated rings. The van der Waals surface area contributed by atoms with Gasteiger partial charge in [0.25, 0.3) is 0 Å². The molecule has 0 atom stereocenters. The highest BCUT2D eigenvalue weighted by Gasteiger charge is 2.12. The van der Waals surface area contributed by atoms with Crippen LogP contribution in [-0.2, 0) is 16.0 Å². The number of rotatable bonds is 3. The molecule has 0 saturated heterocycles. The summed E-state index contributed by atoms with van der Waals surface area (Å²) in [7, 11) is 0. The van der Waals surface area contributed by atoms with Gasteiger partial charge in [0.1, 0.15) is 11.4 Å². The first-order valence-corrected chi connectivity index (χ1v) is 6.14. The molecule has 0 unspecified atom stereocenters. The van der Waals surface area contributed by atoms with E-state index < -0.39 is 11.7 Å². The van der Waals surface area contributed by atoms with E-state index in [0.717, 1.165) is 5.69 Å². The Bertz CT molecular complexity index is 397. The zero-order chi connectivity index (χ0) is 14.9. The van der Waals surface area contributed by atoms with E-state index in [1.807, 2.05) is 25.1 Å². The minimum Gasteiger partial charge on any atom is -0.444 e. The maximum Gasteiger partial charge on any atom is 0.405 e. The van der Waals surface area contributed by atoms with Gasteiger partial charge in [0.2, 0.25) is 0 Å². The fourth-order valence-electron chi connectivity index (χ4n) is 1.13. The second-order valence-corrected chi connectivity index (χ2v) is 4.92. The van der Waals surface area contributed by atoms with Crippen LogP contribution in [0.3, 0.4) is 0 Å². The molecule has 106 valence electrons. The van der Waals surface area contributed by atoms with Crippen molar-refractivity contribution in [1.29, 1.82) is 0 Å². The van der Waals surface area contributed by atoms with Crippen LogP contribution in [0.25, 0.3) is 0 Å². The number of aromatic nitrogens is 1. The average molecular weight is 266 g/mol. The Labute approximate surface area is 114 Å². The number of ether oxygens (including phenoxy) is 1. The molecule has 0 bridgehead atoms. The van der Waals surface area contributed by atoms with Crippen LogP contribution in [0.15, 0.2) is 24.4 Å². The highest BCUT2D eigenvalue weighted by atomic mass is 16.6. The normalized spacial score (nSPS) is 10.1. The lowest BCUT2D eigenvalue weighted by molar-refractivity contribution is -0.118. The topological polar surface area (TPSA) is 82.3 Å². The summed E-state index contributed by atoms with van der Waals surface area (Å²) in [5.41, 5.74) is 5.13. The molecule has 5 nitrogen and oxygen atoms in total. The number of carbonyl (C=O) groups is 2. The maximum absolute atomic E-state index is 10.9. The molecule has 0 radical (unpaired) electrons. The van der Waals surface area contributed by atoms with Crippen LogP contribution in [0.4, 0.5) is 4.79 Å². The molecule has 0 aliphatic heterocycles. The van der Waals surface area contributed by atoms with Crippen LogP contribution in [0.2, 0.25) is 0 Å². The Hall–Kier alpha value is -1.91. The SMILES string of the molecule is CC(C)(C)OC(N)=O.CCC(=O)Cc1ccccn1. The molecule has 1 aromatic rings. The van der Waals surface area contributed by atoms with Crippen molar-refractivity contribution in [3.63, 3.8) is 0 Å². The van der Waals surface area contributed by atoms with E-state index >= 15 is 0 Å². The predicted molar refractivity (Wildman–Crippen MR) is 73.7 cm³/mol. The second kappa shape index (κ2) is 8.24. The van der Waals surface area contributed by atoms with Gasteiger partial charge in [-0.1, -0.05) is 13.0 Å². The van der Waals surface area contributed by atoms with Crippen LogP contribution in [-0.4, -0.2) is 22.5 Å². The van der Waals surface area contributed by atoms with Gasteiger partial charge < -0.3 is 10.5 Å². The zero-order valence-corrected chi connectivity index (χ0v) is 12.0. The third-order valence-electron chi connectivity index (χ3n) is 1.91. The van der Waals surface area contributed by atoms with Gasteiger partial charge in [-0.3, -0.25) is 9.78 Å². The number of hydrogen-bond donors (Lipinski definition) is 1. The summed E-state index contributed by atoms with van der Waals surface area (Å²) < 4.78 is 4.58. The van der Waals surface area contributed by atoms with Crippen LogP contribution in [0.5, 0.6) is 0 Å². The van der Waals surface area contributed by atoms with E-state index in [1.54, 1.807) is 27.0 Å². The molecule has 0 aliphatic rings. The standard InChI is InChI=1S/C9H11NO.C5H11NO2/c1-2-9(11)7-8-5-3-4-6-10-8;1-5(2,3)8-4(6)7/h3-6H,2,7H2,1H3;1-3H3,(H2,6,7). The molecule has 0 saturated carbocycles. The first-order valence-electron chi connectivity index (χ1n) is 6.14. The molecule has 0 aliphatic carbocycles. The minimum atomic E-state index is -0.725. The fourth-order valence-corrected chi connectivity index (χ4v) is 1.13. The first-order chi connectivity index (χ1) is 8.74. The number of pyridine rings is 1. The van der Waals surface area contributed by atoms with Gasteiger partial charge >= 0.3 is 6.09 Å². The van der Waals surface area contributed by atoms with Gasteiger partial charge in [-0.2, -0.15) is 0 Å². The smallest absolute Gasteiger partial charge is 0.405 e. The highest BCUT2D eigenvalue weighted by molar-refractivity contribution is 5.80. The van der Waals surface area contributed by atoms with Crippen LogP contribution in [0, 0.1) is 0 Å². The van der Waals surface area contributed by atoms with Crippen molar-refractivity contribution in [3.8, 4) is 0 Å². The summed E-state index contributed by atoms with van der Waals surface area (Å²) in [5.74, 6) is 0.240. The summed E-state index contributed by atoms with van der Waals surface area (Å²) in [6.07, 6.45) is 2.05. The van der Waals surface area contributed by atoms with E-state index in [1.165, 1.54) is 0 Å². The number of amides is 1. The van der Waals surface area contributed by atoms with Crippen molar-refractivity contribution in [1.82, 2.24) is 4.98 Å². The number of carbonyl (C=O) groups excluding carboxylic acids is 2. The number of Topliss-reactive ketones (excluding diaryl/α,β-unsaturated/α-hetero) is 1. The molecule has 1 rings (SSSR count). The summed E-state index contributed by atoms with van der Waals surface area (Å²) in [6, 6.07) is 5.61. The van der Waals surface area contributed by atoms with Gasteiger partial charge in [0, 0.05) is 24.7 Å². The van der Waals surface area contributed by atoms with Crippen LogP contribution < -0.4 is 5.73 Å². The van der Waals surface area contributed by atoms with Crippen molar-refractivity contribution in [2.24, 2.45) is 5.73 Å². The van der Waals surface area contributed by atoms with Crippen molar-refractivity contribution in [2.45, 2.75) is 46.1 Å². The third-order valence-corrected chi connectivity index (χ3v) is 1.91. The van der Waals surface area contributed by atoms with Gasteiger partial charge in [0.05, 0.1) is 0 Å². The van der Waals surface area contributed by atoms with Gasteiger partial charge in [-0.25, -0.2) is 4.79 Å². The number of primary amides is 1. The van der Waals surface area contributed by atoms with Gasteiger partial charge in [-0.15, -0.1) is 0 Å². The van der Waals surface area contributed by atoms with E-state index in [-0.39, 0.29) is 5.78 Å². The maximum atomic E-state index is 10.9. The molecular weight excluding hydrogens is 244 g/mol. The Morgan fingerprint density at radius 3 is 2.26 bits per heavy atom. The minimum absolute atomic E-state index is 0.240. The number of nitrogens with zero attached hydrogens (tertiary/aromatic N) is 1. The summed E-state index contributed by atoms with van der Waals surface area (Å²) >= 11 is 0. The summed E-state index contributed by atoms with van der Waals surface area (Å²) in [6.45, 7) is 7.15. The number of hydrogen-bond acceptors (Lipinski definition) is 4. The largest absolute Gasteiger partial charge is 0.444 e. The van der Waals surface area contributed by atoms with Gasteiger partial charge in [-0.05, 0) is 32.9 Å². The fraction of sp³-hybridized carbons (Fsp3) is 0.500. The third kappa shape index (κ3) is 10.9. The molecule has 2 N–H and O–H groups in total.